The van der Waals surface area contributed by atoms with Crippen LogP contribution in [0.1, 0.15) is 26.2 Å². The lowest BCUT2D eigenvalue weighted by Crippen LogP contribution is -2.35. The van der Waals surface area contributed by atoms with E-state index in [1.54, 1.807) is 7.11 Å². The summed E-state index contributed by atoms with van der Waals surface area (Å²) < 4.78 is 5.25. The van der Waals surface area contributed by atoms with Crippen LogP contribution in [0.5, 0.6) is 0 Å². The fourth-order valence-corrected chi connectivity index (χ4v) is 2.56. The van der Waals surface area contributed by atoms with Crippen LogP contribution < -0.4 is 10.2 Å². The second-order valence-corrected chi connectivity index (χ2v) is 5.21. The first-order chi connectivity index (χ1) is 9.33. The average Bonchev–Trinajstić information content (AvgIpc) is 2.46. The van der Waals surface area contributed by atoms with Gasteiger partial charge in [0.2, 0.25) is 0 Å². The molecule has 0 atom stereocenters. The maximum Gasteiger partial charge on any atom is 0.127 e. The van der Waals surface area contributed by atoms with Gasteiger partial charge in [-0.15, -0.1) is 0 Å². The summed E-state index contributed by atoms with van der Waals surface area (Å²) in [6.07, 6.45) is 5.45. The Balaban J connectivity index is 1.91. The lowest BCUT2D eigenvalue weighted by Gasteiger charge is -2.33. The minimum Gasteiger partial charge on any atom is -0.384 e. The van der Waals surface area contributed by atoms with Crippen molar-refractivity contribution in [2.75, 3.05) is 43.6 Å². The Kier molecular flexibility index (Phi) is 5.45. The predicted molar refractivity (Wildman–Crippen MR) is 79.8 cm³/mol. The maximum absolute atomic E-state index is 5.25. The van der Waals surface area contributed by atoms with E-state index < -0.39 is 0 Å². The number of rotatable bonds is 6. The lowest BCUT2D eigenvalue weighted by atomic mass is 9.97. The molecule has 1 aliphatic rings. The lowest BCUT2D eigenvalue weighted by molar-refractivity contribution is 0.139. The average molecular weight is 263 g/mol. The molecular formula is C15H25N3O. The highest BCUT2D eigenvalue weighted by atomic mass is 16.5. The molecular weight excluding hydrogens is 238 g/mol. The standard InChI is InChI=1S/C15H25N3O/c1-3-7-16-15-11-14(4-8-17-15)18-9-5-13(6-10-18)12-19-2/h4,8,11,13H,3,5-7,9-10,12H2,1-2H3,(H,16,17). The van der Waals surface area contributed by atoms with Gasteiger partial charge in [0.1, 0.15) is 5.82 Å². The fourth-order valence-electron chi connectivity index (χ4n) is 2.56. The number of methoxy groups -OCH3 is 1. The predicted octanol–water partition coefficient (Wildman–Crippen LogP) is 2.77. The number of piperidine rings is 1. The van der Waals surface area contributed by atoms with Crippen LogP contribution in [0.3, 0.4) is 0 Å². The molecule has 1 fully saturated rings. The molecule has 0 saturated carbocycles. The molecule has 1 saturated heterocycles. The van der Waals surface area contributed by atoms with Crippen molar-refractivity contribution in [3.63, 3.8) is 0 Å². The molecule has 0 bridgehead atoms. The summed E-state index contributed by atoms with van der Waals surface area (Å²) in [6.45, 7) is 6.27. The van der Waals surface area contributed by atoms with Gasteiger partial charge in [0, 0.05) is 51.3 Å². The van der Waals surface area contributed by atoms with Crippen LogP contribution in [0, 0.1) is 5.92 Å². The number of nitrogens with one attached hydrogen (secondary N) is 1. The zero-order valence-corrected chi connectivity index (χ0v) is 12.1. The number of pyridine rings is 1. The Hall–Kier alpha value is -1.29. The van der Waals surface area contributed by atoms with E-state index in [4.69, 9.17) is 4.74 Å². The zero-order valence-electron chi connectivity index (χ0n) is 12.1. The third kappa shape index (κ3) is 4.10. The van der Waals surface area contributed by atoms with Gasteiger partial charge in [-0.1, -0.05) is 6.92 Å². The summed E-state index contributed by atoms with van der Waals surface area (Å²) in [6, 6.07) is 4.26. The van der Waals surface area contributed by atoms with Gasteiger partial charge in [-0.2, -0.15) is 0 Å². The van der Waals surface area contributed by atoms with Crippen molar-refractivity contribution in [2.24, 2.45) is 5.92 Å². The normalized spacial score (nSPS) is 16.6. The zero-order chi connectivity index (χ0) is 13.5. The van der Waals surface area contributed by atoms with Crippen molar-refractivity contribution < 1.29 is 4.74 Å². The molecule has 0 aromatic carbocycles. The van der Waals surface area contributed by atoms with E-state index in [-0.39, 0.29) is 0 Å². The summed E-state index contributed by atoms with van der Waals surface area (Å²) >= 11 is 0. The van der Waals surface area contributed by atoms with Crippen molar-refractivity contribution in [2.45, 2.75) is 26.2 Å². The first-order valence-electron chi connectivity index (χ1n) is 7.27. The fraction of sp³-hybridized carbons (Fsp3) is 0.667. The highest BCUT2D eigenvalue weighted by Gasteiger charge is 2.19. The molecule has 0 spiro atoms. The third-order valence-corrected chi connectivity index (χ3v) is 3.68. The van der Waals surface area contributed by atoms with Gasteiger partial charge in [-0.3, -0.25) is 0 Å². The first kappa shape index (κ1) is 14.1. The Morgan fingerprint density at radius 2 is 2.21 bits per heavy atom. The molecule has 19 heavy (non-hydrogen) atoms. The van der Waals surface area contributed by atoms with Gasteiger partial charge in [0.05, 0.1) is 0 Å². The van der Waals surface area contributed by atoms with Crippen molar-refractivity contribution in [1.29, 1.82) is 0 Å². The van der Waals surface area contributed by atoms with Gasteiger partial charge in [-0.25, -0.2) is 4.98 Å². The molecule has 2 heterocycles. The molecule has 0 unspecified atom stereocenters. The third-order valence-electron chi connectivity index (χ3n) is 3.68. The molecule has 0 amide bonds. The molecule has 0 aliphatic carbocycles. The van der Waals surface area contributed by atoms with E-state index in [0.29, 0.717) is 0 Å². The molecule has 1 aromatic rings. The van der Waals surface area contributed by atoms with Crippen molar-refractivity contribution in [3.8, 4) is 0 Å². The highest BCUT2D eigenvalue weighted by Crippen LogP contribution is 2.24. The monoisotopic (exact) mass is 263 g/mol. The van der Waals surface area contributed by atoms with Crippen LogP contribution in [0.25, 0.3) is 0 Å². The number of hydrogen-bond donors (Lipinski definition) is 1. The van der Waals surface area contributed by atoms with Crippen LogP contribution >= 0.6 is 0 Å². The van der Waals surface area contributed by atoms with Crippen LogP contribution in [-0.4, -0.2) is 38.3 Å². The summed E-state index contributed by atoms with van der Waals surface area (Å²) in [5, 5.41) is 3.35. The van der Waals surface area contributed by atoms with Gasteiger partial charge in [-0.05, 0) is 31.2 Å². The second kappa shape index (κ2) is 7.34. The quantitative estimate of drug-likeness (QED) is 0.856. The van der Waals surface area contributed by atoms with Gasteiger partial charge in [0.15, 0.2) is 0 Å². The SMILES string of the molecule is CCCNc1cc(N2CCC(COC)CC2)ccn1. The van der Waals surface area contributed by atoms with Crippen LogP contribution in [0.2, 0.25) is 0 Å². The summed E-state index contributed by atoms with van der Waals surface area (Å²) in [7, 11) is 1.79. The van der Waals surface area contributed by atoms with E-state index in [0.717, 1.165) is 44.4 Å². The molecule has 2 rings (SSSR count). The number of anilines is 2. The molecule has 1 N–H and O–H groups in total. The van der Waals surface area contributed by atoms with Crippen LogP contribution in [-0.2, 0) is 4.74 Å². The van der Waals surface area contributed by atoms with Gasteiger partial charge in [0.25, 0.3) is 0 Å². The topological polar surface area (TPSA) is 37.4 Å². The van der Waals surface area contributed by atoms with E-state index in [9.17, 15) is 0 Å². The Morgan fingerprint density at radius 1 is 1.42 bits per heavy atom. The van der Waals surface area contributed by atoms with E-state index in [1.165, 1.54) is 18.5 Å². The van der Waals surface area contributed by atoms with Crippen molar-refractivity contribution in [1.82, 2.24) is 4.98 Å². The second-order valence-electron chi connectivity index (χ2n) is 5.21. The molecule has 4 heteroatoms. The van der Waals surface area contributed by atoms with Crippen molar-refractivity contribution in [3.05, 3.63) is 18.3 Å². The van der Waals surface area contributed by atoms with Crippen LogP contribution in [0.15, 0.2) is 18.3 Å². The number of hydrogen-bond acceptors (Lipinski definition) is 4. The molecule has 4 nitrogen and oxygen atoms in total. The maximum atomic E-state index is 5.25. The summed E-state index contributed by atoms with van der Waals surface area (Å²) in [5.74, 6) is 1.71. The number of nitrogens with zero attached hydrogens (tertiary/aromatic N) is 2. The minimum absolute atomic E-state index is 0.723. The molecule has 1 aromatic heterocycles. The Bertz CT molecular complexity index is 375. The smallest absolute Gasteiger partial charge is 0.127 e. The van der Waals surface area contributed by atoms with Gasteiger partial charge >= 0.3 is 0 Å². The molecule has 106 valence electrons. The van der Waals surface area contributed by atoms with Crippen LogP contribution in [0.4, 0.5) is 11.5 Å². The summed E-state index contributed by atoms with van der Waals surface area (Å²) in [5.41, 5.74) is 1.28. The minimum atomic E-state index is 0.723. The molecule has 1 aliphatic heterocycles. The summed E-state index contributed by atoms with van der Waals surface area (Å²) in [4.78, 5) is 6.81. The number of ether oxygens (including phenoxy) is 1. The first-order valence-corrected chi connectivity index (χ1v) is 7.27. The van der Waals surface area contributed by atoms with Crippen molar-refractivity contribution >= 4 is 11.5 Å². The van der Waals surface area contributed by atoms with E-state index in [1.807, 2.05) is 6.20 Å². The highest BCUT2D eigenvalue weighted by molar-refractivity contribution is 5.54. The molecule has 0 radical (unpaired) electrons. The van der Waals surface area contributed by atoms with Gasteiger partial charge < -0.3 is 15.0 Å². The largest absolute Gasteiger partial charge is 0.384 e. The Labute approximate surface area is 116 Å². The van der Waals surface area contributed by atoms with E-state index in [2.05, 4.69) is 34.3 Å². The number of aromatic nitrogens is 1. The van der Waals surface area contributed by atoms with E-state index >= 15 is 0 Å². The Morgan fingerprint density at radius 3 is 2.89 bits per heavy atom.